The topological polar surface area (TPSA) is 81.9 Å². The van der Waals surface area contributed by atoms with Crippen LogP contribution in [0.25, 0.3) is 6.08 Å². The van der Waals surface area contributed by atoms with Crippen molar-refractivity contribution in [1.29, 1.82) is 0 Å². The van der Waals surface area contributed by atoms with E-state index in [1.807, 2.05) is 4.90 Å². The minimum atomic E-state index is -0.489. The van der Waals surface area contributed by atoms with E-state index < -0.39 is 4.92 Å². The molecule has 0 spiro atoms. The third-order valence-corrected chi connectivity index (χ3v) is 5.38. The summed E-state index contributed by atoms with van der Waals surface area (Å²) in [4.78, 5) is 25.4. The first-order valence-electron chi connectivity index (χ1n) is 9.92. The van der Waals surface area contributed by atoms with Crippen LogP contribution >= 0.6 is 0 Å². The Labute approximate surface area is 182 Å². The molecule has 0 amide bonds. The number of carbonyl (C=O) groups excluding carboxylic acids is 1. The number of benzene rings is 3. The van der Waals surface area contributed by atoms with Crippen molar-refractivity contribution in [3.05, 3.63) is 105 Å². The number of allylic oxidation sites excluding steroid dienone is 1. The van der Waals surface area contributed by atoms with Gasteiger partial charge in [-0.25, -0.2) is 4.39 Å². The summed E-state index contributed by atoms with van der Waals surface area (Å²) in [5.41, 5.74) is 2.55. The molecule has 2 aliphatic heterocycles. The third-order valence-electron chi connectivity index (χ3n) is 5.38. The van der Waals surface area contributed by atoms with Crippen molar-refractivity contribution in [2.75, 3.05) is 6.73 Å². The van der Waals surface area contributed by atoms with Gasteiger partial charge in [0.25, 0.3) is 5.69 Å². The van der Waals surface area contributed by atoms with E-state index in [4.69, 9.17) is 9.47 Å². The summed E-state index contributed by atoms with van der Waals surface area (Å²) in [5.74, 6) is 0.604. The van der Waals surface area contributed by atoms with Crippen molar-refractivity contribution in [2.24, 2.45) is 0 Å². The molecule has 32 heavy (non-hydrogen) atoms. The van der Waals surface area contributed by atoms with E-state index in [-0.39, 0.29) is 23.0 Å². The third kappa shape index (κ3) is 3.72. The second kappa shape index (κ2) is 7.90. The van der Waals surface area contributed by atoms with Crippen LogP contribution in [0.3, 0.4) is 0 Å². The number of carbonyl (C=O) groups is 1. The van der Waals surface area contributed by atoms with Crippen LogP contribution in [0.2, 0.25) is 0 Å². The highest BCUT2D eigenvalue weighted by atomic mass is 19.1. The smallest absolute Gasteiger partial charge is 0.270 e. The van der Waals surface area contributed by atoms with E-state index in [1.54, 1.807) is 36.4 Å². The Kier molecular flexibility index (Phi) is 4.91. The van der Waals surface area contributed by atoms with Gasteiger partial charge in [-0.15, -0.1) is 0 Å². The van der Waals surface area contributed by atoms with Gasteiger partial charge < -0.3 is 9.47 Å². The van der Waals surface area contributed by atoms with Crippen molar-refractivity contribution in [1.82, 2.24) is 4.90 Å². The first-order chi connectivity index (χ1) is 15.5. The minimum absolute atomic E-state index is 0.0653. The average molecular weight is 432 g/mol. The molecule has 0 radical (unpaired) electrons. The van der Waals surface area contributed by atoms with Gasteiger partial charge in [-0.05, 0) is 41.5 Å². The second-order valence-corrected chi connectivity index (χ2v) is 7.60. The van der Waals surface area contributed by atoms with Gasteiger partial charge >= 0.3 is 0 Å². The van der Waals surface area contributed by atoms with Crippen molar-refractivity contribution in [3.63, 3.8) is 0 Å². The van der Waals surface area contributed by atoms with E-state index in [0.29, 0.717) is 42.4 Å². The number of non-ortho nitro benzene ring substituents is 1. The first kappa shape index (κ1) is 19.9. The molecule has 0 unspecified atom stereocenters. The van der Waals surface area contributed by atoms with Gasteiger partial charge in [0.2, 0.25) is 5.78 Å². The quantitative estimate of drug-likeness (QED) is 0.338. The molecule has 7 nitrogen and oxygen atoms in total. The zero-order valence-electron chi connectivity index (χ0n) is 16.8. The number of hydrogen-bond acceptors (Lipinski definition) is 6. The number of nitro benzene ring substituents is 1. The molecule has 5 rings (SSSR count). The highest BCUT2D eigenvalue weighted by molar-refractivity contribution is 6.15. The molecule has 3 aromatic rings. The van der Waals surface area contributed by atoms with Gasteiger partial charge in [-0.2, -0.15) is 0 Å². The van der Waals surface area contributed by atoms with Gasteiger partial charge in [-0.3, -0.25) is 19.8 Å². The highest BCUT2D eigenvalue weighted by Gasteiger charge is 2.33. The minimum Gasteiger partial charge on any atom is -0.478 e. The van der Waals surface area contributed by atoms with Crippen molar-refractivity contribution >= 4 is 17.5 Å². The second-order valence-electron chi connectivity index (χ2n) is 7.60. The summed E-state index contributed by atoms with van der Waals surface area (Å²) < 4.78 is 25.0. The number of nitro groups is 1. The van der Waals surface area contributed by atoms with Crippen molar-refractivity contribution < 1.29 is 23.6 Å². The molecular formula is C24H17FN2O5. The molecule has 160 valence electrons. The van der Waals surface area contributed by atoms with Crippen LogP contribution in [-0.4, -0.2) is 22.3 Å². The maximum Gasteiger partial charge on any atom is 0.270 e. The number of hydrogen-bond donors (Lipinski definition) is 0. The summed E-state index contributed by atoms with van der Waals surface area (Å²) in [6.07, 6.45) is 1.50. The molecule has 0 bridgehead atoms. The zero-order valence-corrected chi connectivity index (χ0v) is 16.8. The molecule has 3 aromatic carbocycles. The number of Topliss-reactive ketones (excluding diaryl/α,β-unsaturated/α-hetero) is 1. The average Bonchev–Trinajstić information content (AvgIpc) is 3.11. The molecule has 0 N–H and O–H groups in total. The number of fused-ring (bicyclic) bond motifs is 3. The Morgan fingerprint density at radius 3 is 2.72 bits per heavy atom. The van der Waals surface area contributed by atoms with Gasteiger partial charge in [0.15, 0.2) is 5.76 Å². The maximum atomic E-state index is 13.2. The molecule has 0 atom stereocenters. The molecule has 8 heteroatoms. The SMILES string of the molecule is O=C1/C(=C/c2cccc([N+](=O)[O-])c2)Oc2c1ccc1c2CN(Cc2ccc(F)cc2)CO1. The normalized spacial score (nSPS) is 16.3. The van der Waals surface area contributed by atoms with Gasteiger partial charge in [-0.1, -0.05) is 24.3 Å². The van der Waals surface area contributed by atoms with E-state index in [1.165, 1.54) is 30.3 Å². The Morgan fingerprint density at radius 1 is 1.12 bits per heavy atom. The fourth-order valence-corrected chi connectivity index (χ4v) is 3.83. The summed E-state index contributed by atoms with van der Waals surface area (Å²) in [6, 6.07) is 15.7. The monoisotopic (exact) mass is 432 g/mol. The predicted molar refractivity (Wildman–Crippen MR) is 114 cm³/mol. The number of nitrogens with zero attached hydrogens (tertiary/aromatic N) is 2. The lowest BCUT2D eigenvalue weighted by Crippen LogP contribution is -2.31. The summed E-state index contributed by atoms with van der Waals surface area (Å²) in [6.45, 7) is 1.40. The number of halogens is 1. The fraction of sp³-hybridized carbons (Fsp3) is 0.125. The van der Waals surface area contributed by atoms with Crippen LogP contribution in [0.4, 0.5) is 10.1 Å². The van der Waals surface area contributed by atoms with Crippen molar-refractivity contribution in [3.8, 4) is 11.5 Å². The molecule has 0 saturated heterocycles. The van der Waals surface area contributed by atoms with E-state index >= 15 is 0 Å². The number of ketones is 1. The highest BCUT2D eigenvalue weighted by Crippen LogP contribution is 2.42. The van der Waals surface area contributed by atoms with E-state index in [0.717, 1.165) is 11.1 Å². The predicted octanol–water partition coefficient (Wildman–Crippen LogP) is 4.70. The maximum absolute atomic E-state index is 13.2. The molecule has 2 heterocycles. The molecule has 0 saturated carbocycles. The van der Waals surface area contributed by atoms with Crippen LogP contribution in [0.1, 0.15) is 27.0 Å². The molecule has 0 aliphatic carbocycles. The lowest BCUT2D eigenvalue weighted by atomic mass is 10.0. The molecule has 2 aliphatic rings. The molecule has 0 aromatic heterocycles. The van der Waals surface area contributed by atoms with Crippen LogP contribution in [0, 0.1) is 15.9 Å². The number of ether oxygens (including phenoxy) is 2. The lowest BCUT2D eigenvalue weighted by Gasteiger charge is -2.29. The van der Waals surface area contributed by atoms with E-state index in [2.05, 4.69) is 0 Å². The van der Waals surface area contributed by atoms with Gasteiger partial charge in [0.05, 0.1) is 16.1 Å². The Balaban J connectivity index is 1.41. The van der Waals surface area contributed by atoms with Crippen LogP contribution in [0.15, 0.2) is 66.4 Å². The zero-order chi connectivity index (χ0) is 22.2. The fourth-order valence-electron chi connectivity index (χ4n) is 3.83. The Bertz CT molecular complexity index is 1270. The largest absolute Gasteiger partial charge is 0.478 e. The van der Waals surface area contributed by atoms with Gasteiger partial charge in [0.1, 0.15) is 24.0 Å². The van der Waals surface area contributed by atoms with Crippen LogP contribution in [-0.2, 0) is 13.1 Å². The Hall–Kier alpha value is -4.04. The number of rotatable bonds is 4. The van der Waals surface area contributed by atoms with E-state index in [9.17, 15) is 19.3 Å². The van der Waals surface area contributed by atoms with Crippen molar-refractivity contribution in [2.45, 2.75) is 13.1 Å². The molecular weight excluding hydrogens is 415 g/mol. The summed E-state index contributed by atoms with van der Waals surface area (Å²) >= 11 is 0. The first-order valence-corrected chi connectivity index (χ1v) is 9.92. The molecule has 0 fully saturated rings. The van der Waals surface area contributed by atoms with Gasteiger partial charge in [0, 0.05) is 25.2 Å². The lowest BCUT2D eigenvalue weighted by molar-refractivity contribution is -0.384. The van der Waals surface area contributed by atoms with Crippen LogP contribution < -0.4 is 9.47 Å². The Morgan fingerprint density at radius 2 is 1.94 bits per heavy atom. The van der Waals surface area contributed by atoms with Crippen LogP contribution in [0.5, 0.6) is 11.5 Å². The summed E-state index contributed by atoms with van der Waals surface area (Å²) in [5, 5.41) is 11.0. The standard InChI is InChI=1S/C24H17FN2O5/c25-17-6-4-15(5-7-17)12-26-13-20-21(31-14-26)9-8-19-23(28)22(32-24(19)20)11-16-2-1-3-18(10-16)27(29)30/h1-11H,12-14H2/b22-11-. The summed E-state index contributed by atoms with van der Waals surface area (Å²) in [7, 11) is 0.